The van der Waals surface area contributed by atoms with Crippen LogP contribution in [0, 0.1) is 0 Å². The summed E-state index contributed by atoms with van der Waals surface area (Å²) >= 11 is 0. The average Bonchev–Trinajstić information content (AvgIpc) is 3.87. The molecule has 214 valence electrons. The molecule has 0 radical (unpaired) electrons. The Morgan fingerprint density at radius 2 is 1.17 bits per heavy atom. The molecule has 4 aromatic heterocycles. The Kier molecular flexibility index (Phi) is 4.52. The molecule has 0 amide bonds. The van der Waals surface area contributed by atoms with Gasteiger partial charge in [0.1, 0.15) is 27.8 Å². The monoisotopic (exact) mass is 590 g/mol. The zero-order valence-electron chi connectivity index (χ0n) is 24.3. The maximum Gasteiger partial charge on any atom is 0.307 e. The summed E-state index contributed by atoms with van der Waals surface area (Å²) in [5.41, 5.74) is 8.84. The summed E-state index contributed by atoms with van der Waals surface area (Å²) in [6.45, 7) is 0. The Morgan fingerprint density at radius 3 is 2.07 bits per heavy atom. The lowest BCUT2D eigenvalue weighted by Crippen LogP contribution is -1.93. The minimum atomic E-state index is 0.499. The highest BCUT2D eigenvalue weighted by Crippen LogP contribution is 2.44. The van der Waals surface area contributed by atoms with E-state index in [1.165, 1.54) is 10.8 Å². The molecule has 11 aromatic rings. The van der Waals surface area contributed by atoms with Gasteiger partial charge in [-0.15, -0.1) is 0 Å². The summed E-state index contributed by atoms with van der Waals surface area (Å²) in [6, 6.07) is 46.5. The number of nitrogens with zero attached hydrogens (tertiary/aromatic N) is 2. The van der Waals surface area contributed by atoms with Crippen molar-refractivity contribution in [1.29, 1.82) is 0 Å². The molecule has 7 aromatic carbocycles. The molecule has 0 bridgehead atoms. The van der Waals surface area contributed by atoms with Crippen molar-refractivity contribution in [3.8, 4) is 17.1 Å². The average molecular weight is 591 g/mol. The standard InChI is InChI=1S/C41H22N2O3/c1-2-10-24-21-25(18-17-23(24)9-1)30-22-31-40(37-29-13-5-8-16-35(29)45-39(30)37)46-41(42-31)43-32-14-6-3-12-28(32)36-33(43)20-19-27-26-11-4-7-15-34(26)44-38(27)36/h1-22H. The zero-order chi connectivity index (χ0) is 29.9. The van der Waals surface area contributed by atoms with Gasteiger partial charge in [-0.05, 0) is 58.8 Å². The van der Waals surface area contributed by atoms with Crippen molar-refractivity contribution in [3.63, 3.8) is 0 Å². The Balaban J connectivity index is 1.25. The van der Waals surface area contributed by atoms with E-state index in [0.717, 1.165) is 82.3 Å². The summed E-state index contributed by atoms with van der Waals surface area (Å²) in [4.78, 5) is 5.19. The fourth-order valence-electron chi connectivity index (χ4n) is 7.37. The fourth-order valence-corrected chi connectivity index (χ4v) is 7.37. The molecular formula is C41H22N2O3. The topological polar surface area (TPSA) is 57.2 Å². The maximum absolute atomic E-state index is 6.80. The molecular weight excluding hydrogens is 568 g/mol. The zero-order valence-corrected chi connectivity index (χ0v) is 24.3. The first-order chi connectivity index (χ1) is 22.8. The smallest absolute Gasteiger partial charge is 0.307 e. The van der Waals surface area contributed by atoms with Gasteiger partial charge in [-0.3, -0.25) is 4.57 Å². The minimum absolute atomic E-state index is 0.499. The van der Waals surface area contributed by atoms with Gasteiger partial charge in [0.05, 0.1) is 21.8 Å². The molecule has 4 heterocycles. The van der Waals surface area contributed by atoms with Gasteiger partial charge in [0.15, 0.2) is 5.58 Å². The second-order valence-electron chi connectivity index (χ2n) is 11.9. The van der Waals surface area contributed by atoms with Gasteiger partial charge in [0, 0.05) is 27.1 Å². The second kappa shape index (κ2) is 8.65. The van der Waals surface area contributed by atoms with E-state index in [2.05, 4.69) is 108 Å². The van der Waals surface area contributed by atoms with E-state index < -0.39 is 0 Å². The molecule has 0 aliphatic rings. The van der Waals surface area contributed by atoms with Crippen LogP contribution >= 0.6 is 0 Å². The van der Waals surface area contributed by atoms with Crippen LogP contribution in [0.15, 0.2) is 147 Å². The van der Waals surface area contributed by atoms with Crippen LogP contribution in [0.4, 0.5) is 0 Å². The third-order valence-electron chi connectivity index (χ3n) is 9.42. The molecule has 0 aliphatic carbocycles. The van der Waals surface area contributed by atoms with Crippen molar-refractivity contribution < 1.29 is 13.3 Å². The molecule has 0 atom stereocenters. The van der Waals surface area contributed by atoms with Crippen LogP contribution in [0.25, 0.3) is 105 Å². The van der Waals surface area contributed by atoms with Gasteiger partial charge in [-0.1, -0.05) is 91.0 Å². The predicted octanol–water partition coefficient (Wildman–Crippen LogP) is 11.5. The number of para-hydroxylation sites is 3. The second-order valence-corrected chi connectivity index (χ2v) is 11.9. The Hall–Kier alpha value is -6.33. The lowest BCUT2D eigenvalue weighted by Gasteiger charge is -2.05. The number of benzene rings is 7. The highest BCUT2D eigenvalue weighted by Gasteiger charge is 2.24. The first-order valence-corrected chi connectivity index (χ1v) is 15.4. The van der Waals surface area contributed by atoms with Crippen molar-refractivity contribution in [1.82, 2.24) is 9.55 Å². The van der Waals surface area contributed by atoms with Crippen LogP contribution in [-0.4, -0.2) is 9.55 Å². The van der Waals surface area contributed by atoms with Crippen LogP contribution in [0.3, 0.4) is 0 Å². The van der Waals surface area contributed by atoms with Crippen LogP contribution in [0.5, 0.6) is 0 Å². The molecule has 5 nitrogen and oxygen atoms in total. The van der Waals surface area contributed by atoms with E-state index in [1.54, 1.807) is 0 Å². The van der Waals surface area contributed by atoms with Gasteiger partial charge in [0.25, 0.3) is 0 Å². The van der Waals surface area contributed by atoms with Crippen LogP contribution < -0.4 is 0 Å². The Bertz CT molecular complexity index is 3040. The summed E-state index contributed by atoms with van der Waals surface area (Å²) < 4.78 is 22.0. The number of rotatable bonds is 2. The van der Waals surface area contributed by atoms with Crippen LogP contribution in [0.1, 0.15) is 0 Å². The number of oxazole rings is 1. The quantitative estimate of drug-likeness (QED) is 0.201. The van der Waals surface area contributed by atoms with Crippen molar-refractivity contribution in [2.45, 2.75) is 0 Å². The van der Waals surface area contributed by atoms with E-state index in [1.807, 2.05) is 30.3 Å². The van der Waals surface area contributed by atoms with Crippen molar-refractivity contribution in [2.24, 2.45) is 0 Å². The first kappa shape index (κ1) is 24.0. The summed E-state index contributed by atoms with van der Waals surface area (Å²) in [5, 5.41) is 8.62. The third kappa shape index (κ3) is 3.11. The number of hydrogen-bond donors (Lipinski definition) is 0. The SMILES string of the molecule is c1ccc2cc(-c3cc4nc(-n5c6ccccc6c6c7oc8ccccc8c7ccc65)oc4c4c3oc3ccccc34)ccc2c1. The molecule has 5 heteroatoms. The van der Waals surface area contributed by atoms with E-state index in [4.69, 9.17) is 18.2 Å². The number of hydrogen-bond acceptors (Lipinski definition) is 4. The van der Waals surface area contributed by atoms with E-state index in [-0.39, 0.29) is 0 Å². The van der Waals surface area contributed by atoms with Crippen LogP contribution in [0.2, 0.25) is 0 Å². The molecule has 46 heavy (non-hydrogen) atoms. The van der Waals surface area contributed by atoms with Gasteiger partial charge in [-0.25, -0.2) is 0 Å². The molecule has 0 aliphatic heterocycles. The van der Waals surface area contributed by atoms with Crippen molar-refractivity contribution >= 4 is 87.6 Å². The first-order valence-electron chi connectivity index (χ1n) is 15.4. The van der Waals surface area contributed by atoms with E-state index in [0.29, 0.717) is 11.6 Å². The molecule has 0 unspecified atom stereocenters. The Morgan fingerprint density at radius 1 is 0.457 bits per heavy atom. The van der Waals surface area contributed by atoms with E-state index in [9.17, 15) is 0 Å². The summed E-state index contributed by atoms with van der Waals surface area (Å²) in [7, 11) is 0. The van der Waals surface area contributed by atoms with Crippen LogP contribution in [-0.2, 0) is 0 Å². The highest BCUT2D eigenvalue weighted by molar-refractivity contribution is 6.24. The van der Waals surface area contributed by atoms with Gasteiger partial charge < -0.3 is 13.3 Å². The molecule has 0 N–H and O–H groups in total. The predicted molar refractivity (Wildman–Crippen MR) is 186 cm³/mol. The fraction of sp³-hybridized carbons (Fsp3) is 0. The third-order valence-corrected chi connectivity index (χ3v) is 9.42. The normalized spacial score (nSPS) is 12.3. The molecule has 11 rings (SSSR count). The minimum Gasteiger partial charge on any atom is -0.455 e. The molecule has 0 saturated heterocycles. The largest absolute Gasteiger partial charge is 0.455 e. The molecule has 0 saturated carbocycles. The van der Waals surface area contributed by atoms with Crippen molar-refractivity contribution in [3.05, 3.63) is 133 Å². The van der Waals surface area contributed by atoms with Crippen molar-refractivity contribution in [2.75, 3.05) is 0 Å². The number of furan rings is 2. The Labute approximate surface area is 260 Å². The summed E-state index contributed by atoms with van der Waals surface area (Å²) in [6.07, 6.45) is 0. The molecule has 0 fully saturated rings. The summed E-state index contributed by atoms with van der Waals surface area (Å²) in [5.74, 6) is 0. The number of fused-ring (bicyclic) bond motifs is 13. The maximum atomic E-state index is 6.80. The lowest BCUT2D eigenvalue weighted by molar-refractivity contribution is 0.577. The van der Waals surface area contributed by atoms with Gasteiger partial charge >= 0.3 is 6.01 Å². The van der Waals surface area contributed by atoms with Gasteiger partial charge in [0.2, 0.25) is 0 Å². The van der Waals surface area contributed by atoms with E-state index >= 15 is 0 Å². The number of aromatic nitrogens is 2. The highest BCUT2D eigenvalue weighted by atomic mass is 16.4. The lowest BCUT2D eigenvalue weighted by atomic mass is 9.98. The molecule has 0 spiro atoms. The van der Waals surface area contributed by atoms with Gasteiger partial charge in [-0.2, -0.15) is 4.98 Å².